The Morgan fingerprint density at radius 1 is 1.29 bits per heavy atom. The lowest BCUT2D eigenvalue weighted by atomic mass is 10.0. The topological polar surface area (TPSA) is 22.1 Å². The molecule has 0 saturated heterocycles. The van der Waals surface area contributed by atoms with E-state index in [9.17, 15) is 4.39 Å². The summed E-state index contributed by atoms with van der Waals surface area (Å²) in [5.41, 5.74) is 1.69. The lowest BCUT2D eigenvalue weighted by Crippen LogP contribution is -2.09. The number of aryl methyl sites for hydroxylation is 1. The lowest BCUT2D eigenvalue weighted by Gasteiger charge is -2.19. The fourth-order valence-electron chi connectivity index (χ4n) is 2.52. The number of benzene rings is 1. The van der Waals surface area contributed by atoms with Gasteiger partial charge in [0.1, 0.15) is 11.9 Å². The second kappa shape index (κ2) is 6.25. The summed E-state index contributed by atoms with van der Waals surface area (Å²) in [7, 11) is 0. The maximum Gasteiger partial charge on any atom is 0.213 e. The van der Waals surface area contributed by atoms with Gasteiger partial charge >= 0.3 is 0 Å². The summed E-state index contributed by atoms with van der Waals surface area (Å²) < 4.78 is 19.5. The molecule has 3 rings (SSSR count). The van der Waals surface area contributed by atoms with E-state index >= 15 is 0 Å². The van der Waals surface area contributed by atoms with Crippen LogP contribution < -0.4 is 4.74 Å². The number of hydrogen-bond donors (Lipinski definition) is 0. The molecule has 0 aliphatic heterocycles. The average molecular weight is 285 g/mol. The maximum atomic E-state index is 13.5. The van der Waals surface area contributed by atoms with Crippen LogP contribution in [0.3, 0.4) is 0 Å². The van der Waals surface area contributed by atoms with Gasteiger partial charge in [0, 0.05) is 12.3 Å². The minimum absolute atomic E-state index is 0.0557. The lowest BCUT2D eigenvalue weighted by molar-refractivity contribution is 0.181. The van der Waals surface area contributed by atoms with Crippen LogP contribution in [0, 0.1) is 18.7 Å². The van der Waals surface area contributed by atoms with Crippen LogP contribution in [0.15, 0.2) is 42.6 Å². The van der Waals surface area contributed by atoms with Crippen molar-refractivity contribution in [3.63, 3.8) is 0 Å². The molecule has 1 atom stereocenters. The van der Waals surface area contributed by atoms with Crippen molar-refractivity contribution in [1.29, 1.82) is 0 Å². The molecule has 1 aliphatic carbocycles. The van der Waals surface area contributed by atoms with Gasteiger partial charge in [-0.05, 0) is 55.0 Å². The van der Waals surface area contributed by atoms with Crippen LogP contribution >= 0.6 is 0 Å². The van der Waals surface area contributed by atoms with Gasteiger partial charge in [0.15, 0.2) is 0 Å². The molecule has 0 N–H and O–H groups in total. The van der Waals surface area contributed by atoms with Gasteiger partial charge < -0.3 is 4.74 Å². The first-order valence-electron chi connectivity index (χ1n) is 7.56. The molecule has 0 amide bonds. The Labute approximate surface area is 125 Å². The number of pyridine rings is 1. The Hall–Kier alpha value is -1.90. The van der Waals surface area contributed by atoms with Crippen LogP contribution in [0.4, 0.5) is 4.39 Å². The number of aromatic nitrogens is 1. The van der Waals surface area contributed by atoms with E-state index in [-0.39, 0.29) is 11.9 Å². The van der Waals surface area contributed by atoms with Crippen molar-refractivity contribution in [2.24, 2.45) is 5.92 Å². The predicted octanol–water partition coefficient (Wildman–Crippen LogP) is 4.84. The second-order valence-corrected chi connectivity index (χ2v) is 5.80. The largest absolute Gasteiger partial charge is 0.469 e. The number of rotatable bonds is 6. The zero-order valence-electron chi connectivity index (χ0n) is 12.3. The summed E-state index contributed by atoms with van der Waals surface area (Å²) >= 11 is 0. The number of halogens is 1. The molecule has 1 fully saturated rings. The SMILES string of the molecule is Cc1cc(C(CCC2CC2)Oc2ccccn2)ccc1F. The van der Waals surface area contributed by atoms with Crippen molar-refractivity contribution in [3.05, 3.63) is 59.5 Å². The van der Waals surface area contributed by atoms with Crippen molar-refractivity contribution in [3.8, 4) is 5.88 Å². The molecule has 2 aromatic rings. The fraction of sp³-hybridized carbons (Fsp3) is 0.389. The Balaban J connectivity index is 1.78. The predicted molar refractivity (Wildman–Crippen MR) is 80.7 cm³/mol. The summed E-state index contributed by atoms with van der Waals surface area (Å²) in [6.45, 7) is 1.79. The zero-order valence-corrected chi connectivity index (χ0v) is 12.3. The van der Waals surface area contributed by atoms with Crippen LogP contribution in [0.5, 0.6) is 5.88 Å². The first-order valence-corrected chi connectivity index (χ1v) is 7.56. The second-order valence-electron chi connectivity index (χ2n) is 5.80. The van der Waals surface area contributed by atoms with E-state index in [4.69, 9.17) is 4.74 Å². The van der Waals surface area contributed by atoms with E-state index in [1.807, 2.05) is 30.3 Å². The molecule has 21 heavy (non-hydrogen) atoms. The summed E-state index contributed by atoms with van der Waals surface area (Å²) in [6, 6.07) is 10.9. The Kier molecular flexibility index (Phi) is 4.18. The highest BCUT2D eigenvalue weighted by Gasteiger charge is 2.24. The third kappa shape index (κ3) is 3.81. The summed E-state index contributed by atoms with van der Waals surface area (Å²) in [4.78, 5) is 4.23. The summed E-state index contributed by atoms with van der Waals surface area (Å²) in [5, 5.41) is 0. The first kappa shape index (κ1) is 14.1. The van der Waals surface area contributed by atoms with Crippen molar-refractivity contribution in [2.45, 2.75) is 38.7 Å². The molecule has 1 aromatic heterocycles. The van der Waals surface area contributed by atoms with Crippen LogP contribution in [-0.2, 0) is 0 Å². The van der Waals surface area contributed by atoms with Gasteiger partial charge in [0.05, 0.1) is 0 Å². The highest BCUT2D eigenvalue weighted by molar-refractivity contribution is 5.26. The molecule has 1 unspecified atom stereocenters. The fourth-order valence-corrected chi connectivity index (χ4v) is 2.52. The number of nitrogens with zero attached hydrogens (tertiary/aromatic N) is 1. The molecule has 3 heteroatoms. The van der Waals surface area contributed by atoms with Gasteiger partial charge in [-0.1, -0.05) is 25.0 Å². The van der Waals surface area contributed by atoms with Gasteiger partial charge in [0.2, 0.25) is 5.88 Å². The Bertz CT molecular complexity index is 595. The molecular formula is C18H20FNO. The van der Waals surface area contributed by atoms with Crippen LogP contribution in [0.2, 0.25) is 0 Å². The van der Waals surface area contributed by atoms with Crippen molar-refractivity contribution >= 4 is 0 Å². The molecule has 1 aliphatic rings. The van der Waals surface area contributed by atoms with Gasteiger partial charge in [-0.3, -0.25) is 0 Å². The molecule has 1 aromatic carbocycles. The number of ether oxygens (including phenoxy) is 1. The summed E-state index contributed by atoms with van der Waals surface area (Å²) in [5.74, 6) is 1.30. The minimum atomic E-state index is -0.169. The monoisotopic (exact) mass is 285 g/mol. The Morgan fingerprint density at radius 3 is 2.81 bits per heavy atom. The van der Waals surface area contributed by atoms with E-state index < -0.39 is 0 Å². The molecule has 1 saturated carbocycles. The van der Waals surface area contributed by atoms with E-state index in [0.717, 1.165) is 24.3 Å². The first-order chi connectivity index (χ1) is 10.2. The quantitative estimate of drug-likeness (QED) is 0.757. The summed E-state index contributed by atoms with van der Waals surface area (Å²) in [6.07, 6.45) is 6.45. The third-order valence-corrected chi connectivity index (χ3v) is 3.99. The minimum Gasteiger partial charge on any atom is -0.469 e. The van der Waals surface area contributed by atoms with Crippen LogP contribution in [0.25, 0.3) is 0 Å². The van der Waals surface area contributed by atoms with E-state index in [2.05, 4.69) is 4.98 Å². The van der Waals surface area contributed by atoms with Crippen LogP contribution in [0.1, 0.15) is 42.9 Å². The molecule has 0 spiro atoms. The molecule has 0 radical (unpaired) electrons. The molecule has 0 bridgehead atoms. The highest BCUT2D eigenvalue weighted by Crippen LogP contribution is 2.37. The molecule has 110 valence electrons. The smallest absolute Gasteiger partial charge is 0.213 e. The van der Waals surface area contributed by atoms with Crippen molar-refractivity contribution in [1.82, 2.24) is 4.98 Å². The zero-order chi connectivity index (χ0) is 14.7. The maximum absolute atomic E-state index is 13.5. The standard InChI is InChI=1S/C18H20FNO/c1-13-12-15(8-9-16(13)19)17(10-7-14-5-6-14)21-18-4-2-3-11-20-18/h2-4,8-9,11-12,14,17H,5-7,10H2,1H3. The molecular weight excluding hydrogens is 265 g/mol. The number of hydrogen-bond acceptors (Lipinski definition) is 2. The van der Waals surface area contributed by atoms with E-state index in [1.54, 1.807) is 13.1 Å². The van der Waals surface area contributed by atoms with Gasteiger partial charge in [0.25, 0.3) is 0 Å². The average Bonchev–Trinajstić information content (AvgIpc) is 3.32. The third-order valence-electron chi connectivity index (χ3n) is 3.99. The normalized spacial score (nSPS) is 15.7. The van der Waals surface area contributed by atoms with Gasteiger partial charge in [-0.15, -0.1) is 0 Å². The molecule has 2 nitrogen and oxygen atoms in total. The highest BCUT2D eigenvalue weighted by atomic mass is 19.1. The van der Waals surface area contributed by atoms with Crippen molar-refractivity contribution < 1.29 is 9.13 Å². The Morgan fingerprint density at radius 2 is 2.14 bits per heavy atom. The van der Waals surface area contributed by atoms with Gasteiger partial charge in [-0.25, -0.2) is 9.37 Å². The van der Waals surface area contributed by atoms with Crippen LogP contribution in [-0.4, -0.2) is 4.98 Å². The van der Waals surface area contributed by atoms with E-state index in [1.165, 1.54) is 18.9 Å². The van der Waals surface area contributed by atoms with Crippen molar-refractivity contribution in [2.75, 3.05) is 0 Å². The van der Waals surface area contributed by atoms with Gasteiger partial charge in [-0.2, -0.15) is 0 Å². The van der Waals surface area contributed by atoms with E-state index in [0.29, 0.717) is 11.4 Å². The molecule has 1 heterocycles.